The highest BCUT2D eigenvalue weighted by Crippen LogP contribution is 2.64. The van der Waals surface area contributed by atoms with E-state index < -0.39 is 22.0 Å². The van der Waals surface area contributed by atoms with E-state index in [4.69, 9.17) is 9.47 Å². The highest BCUT2D eigenvalue weighted by atomic mass is 16.6. The second-order valence-electron chi connectivity index (χ2n) is 9.48. The molecule has 2 heterocycles. The third kappa shape index (κ3) is 1.95. The lowest BCUT2D eigenvalue weighted by Gasteiger charge is -2.64. The number of esters is 1. The highest BCUT2D eigenvalue weighted by Gasteiger charge is 2.70. The van der Waals surface area contributed by atoms with E-state index in [1.54, 1.807) is 6.08 Å². The number of carbonyl (C=O) groups excluding carboxylic acids is 2. The van der Waals surface area contributed by atoms with Gasteiger partial charge in [-0.2, -0.15) is 0 Å². The molecule has 142 valence electrons. The Kier molecular flexibility index (Phi) is 3.42. The normalized spacial score (nSPS) is 46.7. The molecule has 4 aliphatic rings. The average molecular weight is 360 g/mol. The number of ketones is 1. The predicted molar refractivity (Wildman–Crippen MR) is 95.0 cm³/mol. The third-order valence-corrected chi connectivity index (χ3v) is 7.63. The Morgan fingerprint density at radius 3 is 2.50 bits per heavy atom. The molecule has 5 nitrogen and oxygen atoms in total. The van der Waals surface area contributed by atoms with Gasteiger partial charge in [0.1, 0.15) is 17.5 Å². The Labute approximate surface area is 154 Å². The zero-order valence-electron chi connectivity index (χ0n) is 16.2. The van der Waals surface area contributed by atoms with Gasteiger partial charge in [-0.05, 0) is 46.1 Å². The summed E-state index contributed by atoms with van der Waals surface area (Å²) in [5.41, 5.74) is -2.76. The van der Waals surface area contributed by atoms with Crippen LogP contribution in [0.3, 0.4) is 0 Å². The van der Waals surface area contributed by atoms with Crippen LogP contribution in [0.15, 0.2) is 23.5 Å². The van der Waals surface area contributed by atoms with Gasteiger partial charge in [-0.3, -0.25) is 4.79 Å². The number of hydrogen-bond acceptors (Lipinski definition) is 5. The van der Waals surface area contributed by atoms with Crippen LogP contribution in [-0.2, 0) is 19.1 Å². The molecule has 0 bridgehead atoms. The first kappa shape index (κ1) is 17.8. The van der Waals surface area contributed by atoms with Crippen LogP contribution < -0.4 is 0 Å². The van der Waals surface area contributed by atoms with E-state index in [1.165, 1.54) is 0 Å². The predicted octanol–water partition coefficient (Wildman–Crippen LogP) is 3.07. The van der Waals surface area contributed by atoms with E-state index in [9.17, 15) is 14.7 Å². The molecule has 1 saturated carbocycles. The second kappa shape index (κ2) is 5.00. The summed E-state index contributed by atoms with van der Waals surface area (Å²) in [5, 5.41) is 11.7. The summed E-state index contributed by atoms with van der Waals surface area (Å²) in [6.45, 7) is 9.69. The standard InChI is InChI=1S/C21H28O5/c1-12-10-14-13(17(23)25-12)11-15-19(4,26-14)8-9-21(24)18(2,3)7-6-16(22)20(15,21)5/h6-7,12,15,24H,8-11H2,1-5H3. The van der Waals surface area contributed by atoms with Gasteiger partial charge >= 0.3 is 5.97 Å². The van der Waals surface area contributed by atoms with Crippen LogP contribution in [0.2, 0.25) is 0 Å². The van der Waals surface area contributed by atoms with Gasteiger partial charge in [0.25, 0.3) is 0 Å². The maximum Gasteiger partial charge on any atom is 0.337 e. The van der Waals surface area contributed by atoms with Gasteiger partial charge in [0.15, 0.2) is 5.78 Å². The molecule has 1 N–H and O–H groups in total. The van der Waals surface area contributed by atoms with Gasteiger partial charge in [0, 0.05) is 17.8 Å². The molecule has 2 aliphatic carbocycles. The molecular weight excluding hydrogens is 332 g/mol. The van der Waals surface area contributed by atoms with Crippen molar-refractivity contribution in [2.75, 3.05) is 0 Å². The Morgan fingerprint density at radius 2 is 1.81 bits per heavy atom. The van der Waals surface area contributed by atoms with Crippen LogP contribution in [0.25, 0.3) is 0 Å². The minimum absolute atomic E-state index is 0.0829. The van der Waals surface area contributed by atoms with Crippen molar-refractivity contribution in [3.05, 3.63) is 23.5 Å². The molecule has 1 fully saturated rings. The van der Waals surface area contributed by atoms with Crippen molar-refractivity contribution >= 4 is 11.8 Å². The van der Waals surface area contributed by atoms with E-state index in [0.717, 1.165) is 0 Å². The molecule has 0 amide bonds. The lowest BCUT2D eigenvalue weighted by Crippen LogP contribution is -2.71. The molecule has 5 atom stereocenters. The number of rotatable bonds is 0. The Balaban J connectivity index is 1.85. The second-order valence-corrected chi connectivity index (χ2v) is 9.48. The first-order chi connectivity index (χ1) is 11.9. The van der Waals surface area contributed by atoms with Crippen LogP contribution >= 0.6 is 0 Å². The van der Waals surface area contributed by atoms with Crippen LogP contribution in [0.4, 0.5) is 0 Å². The molecule has 0 aromatic rings. The van der Waals surface area contributed by atoms with E-state index in [2.05, 4.69) is 0 Å². The Morgan fingerprint density at radius 1 is 1.12 bits per heavy atom. The number of hydrogen-bond donors (Lipinski definition) is 1. The van der Waals surface area contributed by atoms with Crippen molar-refractivity contribution in [3.63, 3.8) is 0 Å². The summed E-state index contributed by atoms with van der Waals surface area (Å²) in [4.78, 5) is 25.5. The third-order valence-electron chi connectivity index (χ3n) is 7.63. The molecule has 0 spiro atoms. The molecule has 4 rings (SSSR count). The largest absolute Gasteiger partial charge is 0.491 e. The first-order valence-electron chi connectivity index (χ1n) is 9.53. The first-order valence-corrected chi connectivity index (χ1v) is 9.53. The Hall–Kier alpha value is -1.62. The molecule has 0 saturated heterocycles. The summed E-state index contributed by atoms with van der Waals surface area (Å²) in [5.74, 6) is -0.0122. The molecule has 0 radical (unpaired) electrons. The lowest BCUT2D eigenvalue weighted by atomic mass is 9.43. The molecule has 2 aliphatic heterocycles. The van der Waals surface area contributed by atoms with Gasteiger partial charge in [-0.25, -0.2) is 4.79 Å². The fraction of sp³-hybridized carbons (Fsp3) is 0.714. The molecule has 26 heavy (non-hydrogen) atoms. The quantitative estimate of drug-likeness (QED) is 0.672. The summed E-state index contributed by atoms with van der Waals surface area (Å²) in [6, 6.07) is 0. The van der Waals surface area contributed by atoms with E-state index in [-0.39, 0.29) is 23.8 Å². The van der Waals surface area contributed by atoms with Crippen molar-refractivity contribution in [2.24, 2.45) is 16.7 Å². The molecule has 0 aromatic heterocycles. The van der Waals surface area contributed by atoms with Gasteiger partial charge in [-0.1, -0.05) is 19.9 Å². The summed E-state index contributed by atoms with van der Waals surface area (Å²) < 4.78 is 11.8. The van der Waals surface area contributed by atoms with Crippen LogP contribution in [0.1, 0.15) is 60.3 Å². The van der Waals surface area contributed by atoms with Crippen molar-refractivity contribution in [3.8, 4) is 0 Å². The molecule has 5 unspecified atom stereocenters. The fourth-order valence-electron chi connectivity index (χ4n) is 5.85. The zero-order chi connectivity index (χ0) is 19.1. The maximum absolute atomic E-state index is 13.1. The highest BCUT2D eigenvalue weighted by molar-refractivity contribution is 5.98. The zero-order valence-corrected chi connectivity index (χ0v) is 16.2. The number of ether oxygens (including phenoxy) is 2. The Bertz CT molecular complexity index is 762. The maximum atomic E-state index is 13.1. The molecular formula is C21H28O5. The minimum atomic E-state index is -1.18. The summed E-state index contributed by atoms with van der Waals surface area (Å²) in [7, 11) is 0. The van der Waals surface area contributed by atoms with Gasteiger partial charge in [-0.15, -0.1) is 0 Å². The topological polar surface area (TPSA) is 72.8 Å². The van der Waals surface area contributed by atoms with E-state index >= 15 is 0 Å². The number of allylic oxidation sites excluding steroid dienone is 1. The van der Waals surface area contributed by atoms with Crippen molar-refractivity contribution in [1.29, 1.82) is 0 Å². The molecule has 0 aromatic carbocycles. The van der Waals surface area contributed by atoms with Crippen molar-refractivity contribution < 1.29 is 24.2 Å². The smallest absolute Gasteiger partial charge is 0.337 e. The lowest BCUT2D eigenvalue weighted by molar-refractivity contribution is -0.243. The van der Waals surface area contributed by atoms with Crippen LogP contribution in [0.5, 0.6) is 0 Å². The van der Waals surface area contributed by atoms with Crippen molar-refractivity contribution in [2.45, 2.75) is 77.6 Å². The van der Waals surface area contributed by atoms with Gasteiger partial charge in [0.05, 0.1) is 16.6 Å². The number of carbonyl (C=O) groups is 2. The number of cyclic esters (lactones) is 1. The van der Waals surface area contributed by atoms with E-state index in [1.807, 2.05) is 40.7 Å². The van der Waals surface area contributed by atoms with Crippen LogP contribution in [-0.4, -0.2) is 34.2 Å². The van der Waals surface area contributed by atoms with Gasteiger partial charge < -0.3 is 14.6 Å². The van der Waals surface area contributed by atoms with Gasteiger partial charge in [0.2, 0.25) is 0 Å². The average Bonchev–Trinajstić information content (AvgIpc) is 2.54. The number of aliphatic hydroxyl groups is 1. The number of fused-ring (bicyclic) bond motifs is 3. The summed E-state index contributed by atoms with van der Waals surface area (Å²) >= 11 is 0. The molecule has 5 heteroatoms. The van der Waals surface area contributed by atoms with Crippen molar-refractivity contribution in [1.82, 2.24) is 0 Å². The van der Waals surface area contributed by atoms with E-state index in [0.29, 0.717) is 37.0 Å². The minimum Gasteiger partial charge on any atom is -0.491 e. The summed E-state index contributed by atoms with van der Waals surface area (Å²) in [6.07, 6.45) is 5.35. The monoisotopic (exact) mass is 360 g/mol. The van der Waals surface area contributed by atoms with Crippen LogP contribution in [0, 0.1) is 16.7 Å². The fourth-order valence-corrected chi connectivity index (χ4v) is 5.85. The SMILES string of the molecule is CC1CC2=C(CC3C(C)(CCC4(O)C(C)(C)C=CC(=O)C34C)O2)C(=O)O1.